The molecule has 0 aromatic heterocycles. The number of rotatable bonds is 7. The highest BCUT2D eigenvalue weighted by Crippen LogP contribution is 2.27. The van der Waals surface area contributed by atoms with Gasteiger partial charge in [0.2, 0.25) is 6.29 Å². The zero-order valence-corrected chi connectivity index (χ0v) is 17.6. The third kappa shape index (κ3) is 6.02. The molecule has 0 radical (unpaired) electrons. The molecule has 0 spiro atoms. The van der Waals surface area contributed by atoms with E-state index in [0.717, 1.165) is 6.08 Å². The summed E-state index contributed by atoms with van der Waals surface area (Å²) in [5.41, 5.74) is 0.747. The average molecular weight is 473 g/mol. The summed E-state index contributed by atoms with van der Waals surface area (Å²) in [6, 6.07) is 11.3. The van der Waals surface area contributed by atoms with Gasteiger partial charge in [-0.3, -0.25) is 0 Å². The Morgan fingerprint density at radius 3 is 2.41 bits per heavy atom. The van der Waals surface area contributed by atoms with Gasteiger partial charge >= 0.3 is 5.97 Å². The first-order chi connectivity index (χ1) is 16.2. The number of aromatic hydroxyl groups is 2. The highest BCUT2D eigenvalue weighted by atomic mass is 16.7. The molecule has 34 heavy (non-hydrogen) atoms. The molecule has 11 heteroatoms. The van der Waals surface area contributed by atoms with E-state index in [1.54, 1.807) is 6.07 Å². The van der Waals surface area contributed by atoms with Crippen LogP contribution in [0, 0.1) is 11.3 Å². The monoisotopic (exact) mass is 473 g/mol. The van der Waals surface area contributed by atoms with Gasteiger partial charge in [-0.05, 0) is 41.5 Å². The lowest BCUT2D eigenvalue weighted by Crippen LogP contribution is -2.60. The number of carbonyl (C=O) groups excluding carboxylic acids is 1. The van der Waals surface area contributed by atoms with Crippen molar-refractivity contribution in [2.24, 2.45) is 0 Å². The Labute approximate surface area is 193 Å². The Balaban J connectivity index is 1.59. The van der Waals surface area contributed by atoms with Crippen LogP contribution in [-0.2, 0) is 14.3 Å². The number of nitrogens with zero attached hydrogens (tertiary/aromatic N) is 1. The van der Waals surface area contributed by atoms with Crippen molar-refractivity contribution in [2.45, 2.75) is 36.8 Å². The quantitative estimate of drug-likeness (QED) is 0.138. The summed E-state index contributed by atoms with van der Waals surface area (Å²) in [5.74, 6) is -1.29. The van der Waals surface area contributed by atoms with E-state index in [4.69, 9.17) is 19.5 Å². The second-order valence-corrected chi connectivity index (χ2v) is 7.44. The normalized spacial score (nSPS) is 25.4. The molecule has 0 bridgehead atoms. The Hall–Kier alpha value is -3.66. The van der Waals surface area contributed by atoms with Crippen molar-refractivity contribution in [3.05, 3.63) is 59.7 Å². The summed E-state index contributed by atoms with van der Waals surface area (Å²) in [4.78, 5) is 12.0. The summed E-state index contributed by atoms with van der Waals surface area (Å²) in [6.45, 7) is -0.470. The summed E-state index contributed by atoms with van der Waals surface area (Å²) < 4.78 is 16.0. The minimum atomic E-state index is -1.65. The number of aliphatic hydroxyl groups excluding tert-OH is 4. The highest BCUT2D eigenvalue weighted by molar-refractivity contribution is 5.87. The summed E-state index contributed by atoms with van der Waals surface area (Å²) in [6.07, 6.45) is -6.41. The number of phenolic OH excluding ortho intramolecular Hbond substituents is 2. The molecule has 1 fully saturated rings. The molecule has 0 aliphatic carbocycles. The second-order valence-electron chi connectivity index (χ2n) is 7.44. The van der Waals surface area contributed by atoms with E-state index in [1.807, 2.05) is 0 Å². The first kappa shape index (κ1) is 25.0. The molecule has 0 amide bonds. The summed E-state index contributed by atoms with van der Waals surface area (Å²) in [7, 11) is 0. The van der Waals surface area contributed by atoms with Gasteiger partial charge in [-0.2, -0.15) is 5.26 Å². The van der Waals surface area contributed by atoms with Gasteiger partial charge in [0.25, 0.3) is 0 Å². The number of esters is 1. The average Bonchev–Trinajstić information content (AvgIpc) is 2.84. The van der Waals surface area contributed by atoms with E-state index in [9.17, 15) is 35.4 Å². The fourth-order valence-corrected chi connectivity index (χ4v) is 3.11. The Morgan fingerprint density at radius 1 is 1.06 bits per heavy atom. The highest BCUT2D eigenvalue weighted by Gasteiger charge is 2.45. The zero-order chi connectivity index (χ0) is 24.8. The lowest BCUT2D eigenvalue weighted by molar-refractivity contribution is -0.278. The molecular formula is C23H23NO10. The van der Waals surface area contributed by atoms with Gasteiger partial charge < -0.3 is 44.8 Å². The maximum atomic E-state index is 12.0. The second kappa shape index (κ2) is 11.0. The lowest BCUT2D eigenvalue weighted by atomic mass is 9.99. The predicted molar refractivity (Wildman–Crippen MR) is 114 cm³/mol. The van der Waals surface area contributed by atoms with Crippen molar-refractivity contribution in [1.29, 1.82) is 5.26 Å². The van der Waals surface area contributed by atoms with Crippen LogP contribution in [0.1, 0.15) is 17.2 Å². The van der Waals surface area contributed by atoms with E-state index in [-0.39, 0.29) is 17.2 Å². The molecule has 11 nitrogen and oxygen atoms in total. The van der Waals surface area contributed by atoms with Crippen molar-refractivity contribution in [3.63, 3.8) is 0 Å². The van der Waals surface area contributed by atoms with Crippen molar-refractivity contribution >= 4 is 12.0 Å². The van der Waals surface area contributed by atoms with Crippen LogP contribution in [0.5, 0.6) is 17.2 Å². The number of hydrogen-bond donors (Lipinski definition) is 6. The van der Waals surface area contributed by atoms with Crippen LogP contribution in [-0.4, -0.2) is 73.9 Å². The van der Waals surface area contributed by atoms with Crippen molar-refractivity contribution in [2.75, 3.05) is 6.61 Å². The van der Waals surface area contributed by atoms with E-state index in [2.05, 4.69) is 0 Å². The van der Waals surface area contributed by atoms with E-state index >= 15 is 0 Å². The molecule has 6 N–H and O–H groups in total. The smallest absolute Gasteiger partial charge is 0.330 e. The molecule has 1 heterocycles. The van der Waals surface area contributed by atoms with Crippen LogP contribution in [0.25, 0.3) is 6.08 Å². The molecule has 0 unspecified atom stereocenters. The van der Waals surface area contributed by atoms with Gasteiger partial charge in [0.1, 0.15) is 36.8 Å². The molecule has 180 valence electrons. The molecule has 1 aliphatic heterocycles. The predicted octanol–water partition coefficient (Wildman–Crippen LogP) is 0.0978. The van der Waals surface area contributed by atoms with Gasteiger partial charge in [-0.1, -0.05) is 18.2 Å². The maximum Gasteiger partial charge on any atom is 0.330 e. The minimum absolute atomic E-state index is 0.192. The topological polar surface area (TPSA) is 190 Å². The number of carbonyl (C=O) groups is 1. The van der Waals surface area contributed by atoms with E-state index in [1.165, 1.54) is 48.5 Å². The number of ether oxygens (including phenoxy) is 3. The van der Waals surface area contributed by atoms with Gasteiger partial charge in [-0.25, -0.2) is 4.79 Å². The standard InChI is InChI=1S/C23H23NO10/c24-10-17(27)13-3-5-14(6-4-13)33-23-22(31)21(30)20(29)18(34-23)11-32-19(28)8-2-12-1-7-15(25)16(26)9-12/h1-9,17-18,20-23,25-27,29-31H,11H2/t17-,18-,20-,21+,22-,23-/m1/s1. The van der Waals surface area contributed by atoms with E-state index in [0.29, 0.717) is 11.1 Å². The lowest BCUT2D eigenvalue weighted by Gasteiger charge is -2.39. The molecular weight excluding hydrogens is 450 g/mol. The van der Waals surface area contributed by atoms with Gasteiger partial charge in [-0.15, -0.1) is 0 Å². The summed E-state index contributed by atoms with van der Waals surface area (Å²) >= 11 is 0. The molecule has 6 atom stereocenters. The van der Waals surface area contributed by atoms with Crippen LogP contribution in [0.15, 0.2) is 48.5 Å². The number of hydrogen-bond acceptors (Lipinski definition) is 11. The maximum absolute atomic E-state index is 12.0. The van der Waals surface area contributed by atoms with Gasteiger partial charge in [0.15, 0.2) is 17.6 Å². The number of aliphatic hydroxyl groups is 4. The van der Waals surface area contributed by atoms with Crippen LogP contribution in [0.3, 0.4) is 0 Å². The number of nitriles is 1. The van der Waals surface area contributed by atoms with Crippen LogP contribution in [0.4, 0.5) is 0 Å². The van der Waals surface area contributed by atoms with Crippen LogP contribution < -0.4 is 4.74 Å². The first-order valence-electron chi connectivity index (χ1n) is 10.1. The fraction of sp³-hybridized carbons (Fsp3) is 0.304. The molecule has 0 saturated carbocycles. The first-order valence-corrected chi connectivity index (χ1v) is 10.1. The number of phenols is 2. The molecule has 2 aromatic rings. The third-order valence-electron chi connectivity index (χ3n) is 5.04. The van der Waals surface area contributed by atoms with Crippen molar-refractivity contribution in [1.82, 2.24) is 0 Å². The van der Waals surface area contributed by atoms with Crippen molar-refractivity contribution < 1.29 is 49.6 Å². The van der Waals surface area contributed by atoms with E-state index < -0.39 is 49.4 Å². The Kier molecular flexibility index (Phi) is 8.06. The third-order valence-corrected chi connectivity index (χ3v) is 5.04. The molecule has 1 aliphatic rings. The molecule has 3 rings (SSSR count). The molecule has 2 aromatic carbocycles. The van der Waals surface area contributed by atoms with Crippen LogP contribution >= 0.6 is 0 Å². The molecule has 1 saturated heterocycles. The Morgan fingerprint density at radius 2 is 1.76 bits per heavy atom. The number of benzene rings is 2. The van der Waals surface area contributed by atoms with Gasteiger partial charge in [0.05, 0.1) is 6.07 Å². The van der Waals surface area contributed by atoms with Crippen molar-refractivity contribution in [3.8, 4) is 23.3 Å². The van der Waals surface area contributed by atoms with Gasteiger partial charge in [0, 0.05) is 6.08 Å². The Bertz CT molecular complexity index is 1060. The largest absolute Gasteiger partial charge is 0.504 e. The minimum Gasteiger partial charge on any atom is -0.504 e. The van der Waals surface area contributed by atoms with Crippen LogP contribution in [0.2, 0.25) is 0 Å². The summed E-state index contributed by atoms with van der Waals surface area (Å²) in [5, 5.41) is 67.6. The zero-order valence-electron chi connectivity index (χ0n) is 17.6. The SMILES string of the molecule is N#C[C@@H](O)c1ccc(O[C@@H]2O[C@H](COC(=O)C=Cc3ccc(O)c(O)c3)[C@@H](O)[C@H](O)[C@H]2O)cc1. The fourth-order valence-electron chi connectivity index (χ4n) is 3.11.